The highest BCUT2D eigenvalue weighted by atomic mass is 35.5. The van der Waals surface area contributed by atoms with Crippen LogP contribution in [-0.2, 0) is 4.79 Å². The van der Waals surface area contributed by atoms with Crippen molar-refractivity contribution in [2.75, 3.05) is 21.1 Å². The molecule has 15 heavy (non-hydrogen) atoms. The van der Waals surface area contributed by atoms with Gasteiger partial charge < -0.3 is 15.7 Å². The molecule has 1 atom stereocenters. The van der Waals surface area contributed by atoms with Gasteiger partial charge in [0.05, 0.1) is 5.66 Å². The van der Waals surface area contributed by atoms with Crippen molar-refractivity contribution in [2.45, 2.75) is 19.0 Å². The van der Waals surface area contributed by atoms with E-state index in [1.807, 2.05) is 6.92 Å². The van der Waals surface area contributed by atoms with Gasteiger partial charge in [0.1, 0.15) is 11.1 Å². The lowest BCUT2D eigenvalue weighted by molar-refractivity contribution is -0.142. The zero-order valence-corrected chi connectivity index (χ0v) is 10.2. The number of hydrogen-bond donors (Lipinski definition) is 3. The first-order valence-corrected chi connectivity index (χ1v) is 5.09. The Balaban J connectivity index is 5.28. The van der Waals surface area contributed by atoms with Gasteiger partial charge in [0.15, 0.2) is 0 Å². The smallest absolute Gasteiger partial charge is 0.316 e. The van der Waals surface area contributed by atoms with Crippen molar-refractivity contribution >= 4 is 22.7 Å². The van der Waals surface area contributed by atoms with Crippen molar-refractivity contribution in [3.05, 3.63) is 0 Å². The molecule has 0 aromatic rings. The summed E-state index contributed by atoms with van der Waals surface area (Å²) in [6.45, 7) is 1.88. The number of aliphatic carboxylic acids is 1. The number of carbonyl (C=O) groups is 1. The van der Waals surface area contributed by atoms with Gasteiger partial charge in [-0.1, -0.05) is 18.5 Å². The van der Waals surface area contributed by atoms with Crippen molar-refractivity contribution in [1.29, 1.82) is 0 Å². The van der Waals surface area contributed by atoms with E-state index < -0.39 is 17.6 Å². The summed E-state index contributed by atoms with van der Waals surface area (Å²) in [5.74, 6) is -1.90. The van der Waals surface area contributed by atoms with E-state index in [4.69, 9.17) is 16.7 Å². The van der Waals surface area contributed by atoms with Crippen LogP contribution in [0.4, 0.5) is 0 Å². The maximum absolute atomic E-state index is 11.2. The molecule has 0 aromatic carbocycles. The van der Waals surface area contributed by atoms with E-state index in [0.717, 1.165) is 0 Å². The van der Waals surface area contributed by atoms with Crippen LogP contribution in [0.15, 0.2) is 4.99 Å². The fraction of sp³-hybridized carbons (Fsp3) is 0.778. The van der Waals surface area contributed by atoms with E-state index in [0.29, 0.717) is 6.42 Å². The molecule has 0 heterocycles. The minimum absolute atomic E-state index is 0.0769. The van der Waals surface area contributed by atoms with E-state index in [2.05, 4.69) is 15.6 Å². The second kappa shape index (κ2) is 6.05. The fourth-order valence-corrected chi connectivity index (χ4v) is 1.90. The Morgan fingerprint density at radius 2 is 2.00 bits per heavy atom. The van der Waals surface area contributed by atoms with Crippen LogP contribution in [0.25, 0.3) is 0 Å². The normalized spacial score (nSPS) is 15.1. The molecule has 1 unspecified atom stereocenters. The lowest BCUT2D eigenvalue weighted by atomic mass is 9.90. The van der Waals surface area contributed by atoms with E-state index in [1.165, 1.54) is 7.05 Å². The van der Waals surface area contributed by atoms with Gasteiger partial charge in [-0.25, -0.2) is 0 Å². The monoisotopic (exact) mass is 235 g/mol. The number of carboxylic acids is 1. The van der Waals surface area contributed by atoms with Gasteiger partial charge in [0, 0.05) is 7.05 Å². The van der Waals surface area contributed by atoms with Crippen LogP contribution >= 0.6 is 11.6 Å². The molecule has 0 spiro atoms. The van der Waals surface area contributed by atoms with Gasteiger partial charge in [0.25, 0.3) is 0 Å². The third kappa shape index (κ3) is 2.90. The number of halogens is 1. The van der Waals surface area contributed by atoms with Crippen LogP contribution in [-0.4, -0.2) is 43.1 Å². The Hall–Kier alpha value is -0.650. The molecule has 0 amide bonds. The van der Waals surface area contributed by atoms with Gasteiger partial charge in [-0.3, -0.25) is 9.79 Å². The average molecular weight is 236 g/mol. The third-order valence-electron chi connectivity index (χ3n) is 2.64. The van der Waals surface area contributed by atoms with Crippen LogP contribution in [0.5, 0.6) is 0 Å². The predicted octanol–water partition coefficient (Wildman–Crippen LogP) is 0.499. The molecular formula is C9H18ClN3O2. The molecular weight excluding hydrogens is 218 g/mol. The van der Waals surface area contributed by atoms with E-state index >= 15 is 0 Å². The van der Waals surface area contributed by atoms with Gasteiger partial charge in [-0.05, 0) is 20.5 Å². The van der Waals surface area contributed by atoms with Crippen molar-refractivity contribution in [1.82, 2.24) is 10.6 Å². The van der Waals surface area contributed by atoms with Gasteiger partial charge in [-0.2, -0.15) is 0 Å². The molecule has 0 saturated carbocycles. The van der Waals surface area contributed by atoms with Gasteiger partial charge >= 0.3 is 5.97 Å². The molecule has 0 aromatic heterocycles. The maximum Gasteiger partial charge on any atom is 0.316 e. The Bertz CT molecular complexity index is 243. The molecule has 0 saturated heterocycles. The molecule has 0 radical (unpaired) electrons. The first-order chi connectivity index (χ1) is 6.98. The predicted molar refractivity (Wildman–Crippen MR) is 61.5 cm³/mol. The minimum atomic E-state index is -1.00. The molecule has 6 heteroatoms. The summed E-state index contributed by atoms with van der Waals surface area (Å²) >= 11 is 5.84. The largest absolute Gasteiger partial charge is 0.481 e. The van der Waals surface area contributed by atoms with Crippen LogP contribution < -0.4 is 10.6 Å². The summed E-state index contributed by atoms with van der Waals surface area (Å²) in [4.78, 5) is 14.9. The summed E-state index contributed by atoms with van der Waals surface area (Å²) in [7, 11) is 4.86. The van der Waals surface area contributed by atoms with Crippen molar-refractivity contribution in [3.63, 3.8) is 0 Å². The number of aliphatic imine (C=N–C) groups is 1. The fourth-order valence-electron chi connectivity index (χ4n) is 1.62. The summed E-state index contributed by atoms with van der Waals surface area (Å²) in [6.07, 6.45) is 0.572. The molecule has 0 aliphatic rings. The second-order valence-electron chi connectivity index (χ2n) is 3.14. The Labute approximate surface area is 94.9 Å². The van der Waals surface area contributed by atoms with Gasteiger partial charge in [0.2, 0.25) is 0 Å². The van der Waals surface area contributed by atoms with Crippen molar-refractivity contribution < 1.29 is 9.90 Å². The molecule has 3 N–H and O–H groups in total. The van der Waals surface area contributed by atoms with Crippen molar-refractivity contribution in [2.24, 2.45) is 10.9 Å². The van der Waals surface area contributed by atoms with E-state index in [-0.39, 0.29) is 5.17 Å². The Morgan fingerprint density at radius 3 is 2.20 bits per heavy atom. The highest BCUT2D eigenvalue weighted by Gasteiger charge is 2.42. The minimum Gasteiger partial charge on any atom is -0.481 e. The Morgan fingerprint density at radius 1 is 1.53 bits per heavy atom. The van der Waals surface area contributed by atoms with Crippen LogP contribution in [0.3, 0.4) is 0 Å². The first kappa shape index (κ1) is 14.3. The maximum atomic E-state index is 11.2. The van der Waals surface area contributed by atoms with Crippen molar-refractivity contribution in [3.8, 4) is 0 Å². The van der Waals surface area contributed by atoms with E-state index in [9.17, 15) is 4.79 Å². The van der Waals surface area contributed by atoms with Crippen LogP contribution in [0.1, 0.15) is 13.3 Å². The number of hydrogen-bond acceptors (Lipinski definition) is 4. The SMILES string of the molecule is CCC(NC)(NC)C(C(=O)O)C(Cl)=NC. The highest BCUT2D eigenvalue weighted by Crippen LogP contribution is 2.22. The molecule has 88 valence electrons. The quantitative estimate of drug-likeness (QED) is 0.463. The zero-order chi connectivity index (χ0) is 12.1. The molecule has 0 aliphatic heterocycles. The molecule has 0 bridgehead atoms. The topological polar surface area (TPSA) is 73.7 Å². The average Bonchev–Trinajstić information content (AvgIpc) is 2.24. The van der Waals surface area contributed by atoms with Crippen LogP contribution in [0.2, 0.25) is 0 Å². The second-order valence-corrected chi connectivity index (χ2v) is 3.53. The molecule has 0 rings (SSSR count). The first-order valence-electron chi connectivity index (χ1n) is 4.71. The number of nitrogens with zero attached hydrogens (tertiary/aromatic N) is 1. The summed E-state index contributed by atoms with van der Waals surface area (Å²) < 4.78 is 0. The highest BCUT2D eigenvalue weighted by molar-refractivity contribution is 6.67. The summed E-state index contributed by atoms with van der Waals surface area (Å²) in [5.41, 5.74) is -0.775. The lowest BCUT2D eigenvalue weighted by Gasteiger charge is -2.36. The Kier molecular flexibility index (Phi) is 5.79. The summed E-state index contributed by atoms with van der Waals surface area (Å²) in [6, 6.07) is 0. The standard InChI is InChI=1S/C9H18ClN3O2/c1-5-9(12-3,13-4)6(8(14)15)7(10)11-2/h6,12-13H,5H2,1-4H3,(H,14,15). The molecule has 5 nitrogen and oxygen atoms in total. The third-order valence-corrected chi connectivity index (χ3v) is 3.03. The zero-order valence-electron chi connectivity index (χ0n) is 9.47. The number of carboxylic acid groups (broad SMARTS) is 1. The van der Waals surface area contributed by atoms with Crippen LogP contribution in [0, 0.1) is 5.92 Å². The lowest BCUT2D eigenvalue weighted by Crippen LogP contribution is -2.62. The van der Waals surface area contributed by atoms with E-state index in [1.54, 1.807) is 14.1 Å². The van der Waals surface area contributed by atoms with Gasteiger partial charge in [-0.15, -0.1) is 0 Å². The molecule has 0 fully saturated rings. The number of nitrogens with one attached hydrogen (secondary N) is 2. The number of rotatable bonds is 6. The molecule has 0 aliphatic carbocycles. The summed E-state index contributed by atoms with van der Waals surface area (Å²) in [5, 5.41) is 15.1.